The van der Waals surface area contributed by atoms with Crippen LogP contribution in [0.15, 0.2) is 47.1 Å². The van der Waals surface area contributed by atoms with Gasteiger partial charge in [0.25, 0.3) is 0 Å². The third kappa shape index (κ3) is 3.64. The minimum Gasteiger partial charge on any atom is -0.481 e. The van der Waals surface area contributed by atoms with Gasteiger partial charge in [-0.2, -0.15) is 0 Å². The largest absolute Gasteiger partial charge is 0.481 e. The van der Waals surface area contributed by atoms with Gasteiger partial charge in [-0.15, -0.1) is 0 Å². The number of hydrogen-bond donors (Lipinski definition) is 1. The molecule has 0 amide bonds. The summed E-state index contributed by atoms with van der Waals surface area (Å²) < 4.78 is 0.989. The third-order valence-corrected chi connectivity index (χ3v) is 3.50. The van der Waals surface area contributed by atoms with Crippen LogP contribution in [0.25, 0.3) is 0 Å². The molecule has 98 valence electrons. The van der Waals surface area contributed by atoms with Crippen LogP contribution in [0.3, 0.4) is 0 Å². The zero-order valence-electron chi connectivity index (χ0n) is 10.5. The monoisotopic (exact) mass is 319 g/mol. The van der Waals surface area contributed by atoms with E-state index in [4.69, 9.17) is 0 Å². The second-order valence-corrected chi connectivity index (χ2v) is 5.37. The topological polar surface area (TPSA) is 50.2 Å². The lowest BCUT2D eigenvalue weighted by Crippen LogP contribution is -2.14. The molecule has 0 radical (unpaired) electrons. The Morgan fingerprint density at radius 3 is 2.58 bits per heavy atom. The fourth-order valence-electron chi connectivity index (χ4n) is 1.99. The van der Waals surface area contributed by atoms with Gasteiger partial charge in [-0.3, -0.25) is 9.78 Å². The Morgan fingerprint density at radius 1 is 1.32 bits per heavy atom. The van der Waals surface area contributed by atoms with E-state index in [-0.39, 0.29) is 0 Å². The van der Waals surface area contributed by atoms with Gasteiger partial charge in [0.1, 0.15) is 0 Å². The predicted molar refractivity (Wildman–Crippen MR) is 77.2 cm³/mol. The maximum atomic E-state index is 11.5. The quantitative estimate of drug-likeness (QED) is 0.937. The number of benzene rings is 1. The molecule has 0 bridgehead atoms. The molecule has 0 fully saturated rings. The molecule has 1 N–H and O–H groups in total. The molecule has 0 spiro atoms. The standard InChI is InChI=1S/C15H14BrNO2/c1-10-8-12(6-7-17-10)14(15(18)19)9-11-2-4-13(16)5-3-11/h2-8,14H,9H2,1H3,(H,18,19). The van der Waals surface area contributed by atoms with Crippen molar-refractivity contribution in [3.63, 3.8) is 0 Å². The van der Waals surface area contributed by atoms with Gasteiger partial charge in [-0.25, -0.2) is 0 Å². The van der Waals surface area contributed by atoms with Gasteiger partial charge in [0.15, 0.2) is 0 Å². The summed E-state index contributed by atoms with van der Waals surface area (Å²) in [5.41, 5.74) is 2.63. The van der Waals surface area contributed by atoms with Gasteiger partial charge in [0.2, 0.25) is 0 Å². The molecule has 1 aromatic heterocycles. The van der Waals surface area contributed by atoms with Crippen molar-refractivity contribution in [2.75, 3.05) is 0 Å². The number of aryl methyl sites for hydroxylation is 1. The first-order valence-corrected chi connectivity index (χ1v) is 6.75. The molecular weight excluding hydrogens is 306 g/mol. The smallest absolute Gasteiger partial charge is 0.311 e. The number of halogens is 1. The van der Waals surface area contributed by atoms with Crippen LogP contribution in [-0.4, -0.2) is 16.1 Å². The molecule has 1 aromatic carbocycles. The zero-order chi connectivity index (χ0) is 13.8. The Balaban J connectivity index is 2.26. The summed E-state index contributed by atoms with van der Waals surface area (Å²) in [5, 5.41) is 9.40. The highest BCUT2D eigenvalue weighted by molar-refractivity contribution is 9.10. The normalized spacial score (nSPS) is 12.1. The fraction of sp³-hybridized carbons (Fsp3) is 0.200. The average Bonchev–Trinajstić information content (AvgIpc) is 2.37. The maximum Gasteiger partial charge on any atom is 0.311 e. The number of carbonyl (C=O) groups is 1. The number of hydrogen-bond acceptors (Lipinski definition) is 2. The first kappa shape index (κ1) is 13.7. The van der Waals surface area contributed by atoms with Crippen LogP contribution in [-0.2, 0) is 11.2 Å². The van der Waals surface area contributed by atoms with Crippen LogP contribution < -0.4 is 0 Å². The molecular formula is C15H14BrNO2. The summed E-state index contributed by atoms with van der Waals surface area (Å²) in [6.45, 7) is 1.86. The van der Waals surface area contributed by atoms with Crippen molar-refractivity contribution in [3.05, 3.63) is 63.9 Å². The first-order valence-electron chi connectivity index (χ1n) is 5.96. The summed E-state index contributed by atoms with van der Waals surface area (Å²) in [6, 6.07) is 11.3. The van der Waals surface area contributed by atoms with Gasteiger partial charge >= 0.3 is 5.97 Å². The number of rotatable bonds is 4. The van der Waals surface area contributed by atoms with Crippen LogP contribution in [0.4, 0.5) is 0 Å². The summed E-state index contributed by atoms with van der Waals surface area (Å²) in [7, 11) is 0. The summed E-state index contributed by atoms with van der Waals surface area (Å²) >= 11 is 3.37. The zero-order valence-corrected chi connectivity index (χ0v) is 12.1. The van der Waals surface area contributed by atoms with Crippen LogP contribution in [0.1, 0.15) is 22.7 Å². The molecule has 1 atom stereocenters. The van der Waals surface area contributed by atoms with E-state index in [1.165, 1.54) is 0 Å². The minimum absolute atomic E-state index is 0.478. The van der Waals surface area contributed by atoms with Crippen LogP contribution in [0.2, 0.25) is 0 Å². The van der Waals surface area contributed by atoms with Crippen molar-refractivity contribution in [1.29, 1.82) is 0 Å². The van der Waals surface area contributed by atoms with Gasteiger partial charge in [-0.05, 0) is 48.7 Å². The highest BCUT2D eigenvalue weighted by atomic mass is 79.9. The Labute approximate surface area is 120 Å². The van der Waals surface area contributed by atoms with Crippen LogP contribution >= 0.6 is 15.9 Å². The Bertz CT molecular complexity index is 581. The fourth-order valence-corrected chi connectivity index (χ4v) is 2.25. The highest BCUT2D eigenvalue weighted by Crippen LogP contribution is 2.22. The molecule has 19 heavy (non-hydrogen) atoms. The highest BCUT2D eigenvalue weighted by Gasteiger charge is 2.20. The molecule has 1 heterocycles. The van der Waals surface area contributed by atoms with E-state index in [9.17, 15) is 9.90 Å². The summed E-state index contributed by atoms with van der Waals surface area (Å²) in [6.07, 6.45) is 2.13. The second kappa shape index (κ2) is 5.97. The molecule has 0 aliphatic rings. The number of pyridine rings is 1. The number of aromatic nitrogens is 1. The summed E-state index contributed by atoms with van der Waals surface area (Å²) in [5.74, 6) is -1.35. The lowest BCUT2D eigenvalue weighted by Gasteiger charge is -2.13. The third-order valence-electron chi connectivity index (χ3n) is 2.97. The maximum absolute atomic E-state index is 11.5. The molecule has 0 saturated heterocycles. The van der Waals surface area contributed by atoms with Crippen molar-refractivity contribution in [1.82, 2.24) is 4.98 Å². The van der Waals surface area contributed by atoms with Crippen molar-refractivity contribution in [2.45, 2.75) is 19.3 Å². The molecule has 2 rings (SSSR count). The van der Waals surface area contributed by atoms with E-state index in [1.807, 2.05) is 37.3 Å². The average molecular weight is 320 g/mol. The van der Waals surface area contributed by atoms with Crippen LogP contribution in [0, 0.1) is 6.92 Å². The Morgan fingerprint density at radius 2 is 2.00 bits per heavy atom. The van der Waals surface area contributed by atoms with Gasteiger partial charge in [-0.1, -0.05) is 28.1 Å². The number of aliphatic carboxylic acids is 1. The van der Waals surface area contributed by atoms with E-state index in [2.05, 4.69) is 20.9 Å². The Kier molecular flexibility index (Phi) is 4.32. The van der Waals surface area contributed by atoms with E-state index in [0.29, 0.717) is 6.42 Å². The molecule has 0 aliphatic heterocycles. The Hall–Kier alpha value is -1.68. The first-order chi connectivity index (χ1) is 9.06. The van der Waals surface area contributed by atoms with E-state index < -0.39 is 11.9 Å². The number of carboxylic acid groups (broad SMARTS) is 1. The molecule has 0 aliphatic carbocycles. The number of nitrogens with zero attached hydrogens (tertiary/aromatic N) is 1. The van der Waals surface area contributed by atoms with Crippen LogP contribution in [0.5, 0.6) is 0 Å². The predicted octanol–water partition coefficient (Wildman–Crippen LogP) is 3.56. The molecule has 0 saturated carbocycles. The van der Waals surface area contributed by atoms with Gasteiger partial charge < -0.3 is 5.11 Å². The lowest BCUT2D eigenvalue weighted by atomic mass is 9.92. The molecule has 2 aromatic rings. The summed E-state index contributed by atoms with van der Waals surface area (Å²) in [4.78, 5) is 15.6. The number of carboxylic acids is 1. The molecule has 3 nitrogen and oxygen atoms in total. The van der Waals surface area contributed by atoms with Gasteiger partial charge in [0, 0.05) is 16.4 Å². The second-order valence-electron chi connectivity index (χ2n) is 4.45. The van der Waals surface area contributed by atoms with E-state index in [1.54, 1.807) is 12.3 Å². The molecule has 4 heteroatoms. The van der Waals surface area contributed by atoms with Crippen molar-refractivity contribution < 1.29 is 9.90 Å². The van der Waals surface area contributed by atoms with Gasteiger partial charge in [0.05, 0.1) is 5.92 Å². The van der Waals surface area contributed by atoms with Crippen molar-refractivity contribution in [3.8, 4) is 0 Å². The van der Waals surface area contributed by atoms with E-state index >= 15 is 0 Å². The molecule has 1 unspecified atom stereocenters. The van der Waals surface area contributed by atoms with E-state index in [0.717, 1.165) is 21.3 Å². The lowest BCUT2D eigenvalue weighted by molar-refractivity contribution is -0.138. The van der Waals surface area contributed by atoms with Crippen molar-refractivity contribution >= 4 is 21.9 Å². The minimum atomic E-state index is -0.812. The SMILES string of the molecule is Cc1cc(C(Cc2ccc(Br)cc2)C(=O)O)ccn1. The van der Waals surface area contributed by atoms with Crippen molar-refractivity contribution in [2.24, 2.45) is 0 Å².